The summed E-state index contributed by atoms with van der Waals surface area (Å²) in [7, 11) is 0. The first-order valence-corrected chi connectivity index (χ1v) is 5.95. The summed E-state index contributed by atoms with van der Waals surface area (Å²) in [5.41, 5.74) is 2.13. The molecule has 0 aliphatic rings. The second-order valence-electron chi connectivity index (χ2n) is 4.29. The molecule has 2 nitrogen and oxygen atoms in total. The Morgan fingerprint density at radius 2 is 2.18 bits per heavy atom. The van der Waals surface area contributed by atoms with E-state index >= 15 is 0 Å². The zero-order chi connectivity index (χ0) is 12.3. The van der Waals surface area contributed by atoms with E-state index in [2.05, 4.69) is 16.5 Å². The van der Waals surface area contributed by atoms with Gasteiger partial charge in [0.15, 0.2) is 0 Å². The first-order valence-electron chi connectivity index (χ1n) is 5.95. The second-order valence-corrected chi connectivity index (χ2v) is 4.29. The highest BCUT2D eigenvalue weighted by atomic mass is 19.1. The molecular weight excluding hydrogens is 215 g/mol. The van der Waals surface area contributed by atoms with Gasteiger partial charge in [0.2, 0.25) is 0 Å². The molecular formula is C14H17FN2. The van der Waals surface area contributed by atoms with Crippen molar-refractivity contribution in [2.24, 2.45) is 0 Å². The minimum absolute atomic E-state index is 0.175. The Hall–Kier alpha value is -1.64. The van der Waals surface area contributed by atoms with Gasteiger partial charge in [-0.2, -0.15) is 0 Å². The van der Waals surface area contributed by atoms with Crippen LogP contribution in [0.5, 0.6) is 0 Å². The number of aryl methyl sites for hydroxylation is 2. The van der Waals surface area contributed by atoms with Gasteiger partial charge in [0.05, 0.1) is 0 Å². The number of halogens is 1. The molecule has 0 N–H and O–H groups in total. The van der Waals surface area contributed by atoms with Crippen molar-refractivity contribution in [2.45, 2.75) is 33.2 Å². The van der Waals surface area contributed by atoms with Gasteiger partial charge in [-0.1, -0.05) is 13.0 Å². The number of hydrogen-bond acceptors (Lipinski definition) is 1. The van der Waals surface area contributed by atoms with Gasteiger partial charge in [-0.3, -0.25) is 0 Å². The molecule has 1 aromatic heterocycles. The fourth-order valence-electron chi connectivity index (χ4n) is 1.96. The Labute approximate surface area is 101 Å². The maximum atomic E-state index is 13.0. The largest absolute Gasteiger partial charge is 0.331 e. The average Bonchev–Trinajstić information content (AvgIpc) is 2.71. The molecule has 0 saturated heterocycles. The molecule has 1 heterocycles. The summed E-state index contributed by atoms with van der Waals surface area (Å²) in [6.45, 7) is 4.85. The SMILES string of the molecule is CCCc1nccn1Cc1ccc(F)cc1C. The van der Waals surface area contributed by atoms with Crippen molar-refractivity contribution in [1.29, 1.82) is 0 Å². The lowest BCUT2D eigenvalue weighted by atomic mass is 10.1. The summed E-state index contributed by atoms with van der Waals surface area (Å²) in [6, 6.07) is 4.94. The fraction of sp³-hybridized carbons (Fsp3) is 0.357. The average molecular weight is 232 g/mol. The van der Waals surface area contributed by atoms with E-state index < -0.39 is 0 Å². The Bertz CT molecular complexity index is 503. The van der Waals surface area contributed by atoms with Crippen molar-refractivity contribution in [1.82, 2.24) is 9.55 Å². The summed E-state index contributed by atoms with van der Waals surface area (Å²) in [6.07, 6.45) is 5.87. The first kappa shape index (κ1) is 11.8. The van der Waals surface area contributed by atoms with Crippen LogP contribution in [0.15, 0.2) is 30.6 Å². The van der Waals surface area contributed by atoms with E-state index in [9.17, 15) is 4.39 Å². The third kappa shape index (κ3) is 2.73. The van der Waals surface area contributed by atoms with Crippen LogP contribution in [0.4, 0.5) is 4.39 Å². The van der Waals surface area contributed by atoms with Gasteiger partial charge in [0.1, 0.15) is 11.6 Å². The van der Waals surface area contributed by atoms with Crippen LogP contribution in [0, 0.1) is 12.7 Å². The molecule has 0 atom stereocenters. The van der Waals surface area contributed by atoms with Crippen LogP contribution in [0.25, 0.3) is 0 Å². The normalized spacial score (nSPS) is 10.8. The maximum absolute atomic E-state index is 13.0. The van der Waals surface area contributed by atoms with Crippen molar-refractivity contribution in [3.05, 3.63) is 53.4 Å². The van der Waals surface area contributed by atoms with Crippen LogP contribution >= 0.6 is 0 Å². The number of hydrogen-bond donors (Lipinski definition) is 0. The van der Waals surface area contributed by atoms with Crippen LogP contribution < -0.4 is 0 Å². The molecule has 0 saturated carbocycles. The standard InChI is InChI=1S/C14H17FN2/c1-3-4-14-16-7-8-17(14)10-12-5-6-13(15)9-11(12)2/h5-9H,3-4,10H2,1-2H3. The molecule has 0 amide bonds. The Morgan fingerprint density at radius 3 is 2.88 bits per heavy atom. The van der Waals surface area contributed by atoms with Crippen LogP contribution in [-0.4, -0.2) is 9.55 Å². The van der Waals surface area contributed by atoms with E-state index in [1.54, 1.807) is 6.07 Å². The van der Waals surface area contributed by atoms with Gasteiger partial charge in [0, 0.05) is 25.4 Å². The molecule has 0 spiro atoms. The van der Waals surface area contributed by atoms with E-state index in [-0.39, 0.29) is 5.82 Å². The molecule has 2 aromatic rings. The molecule has 0 aliphatic carbocycles. The number of benzene rings is 1. The van der Waals surface area contributed by atoms with Gasteiger partial charge in [-0.15, -0.1) is 0 Å². The minimum Gasteiger partial charge on any atom is -0.331 e. The Balaban J connectivity index is 2.22. The lowest BCUT2D eigenvalue weighted by molar-refractivity contribution is 0.624. The van der Waals surface area contributed by atoms with Crippen molar-refractivity contribution < 1.29 is 4.39 Å². The number of aromatic nitrogens is 2. The van der Waals surface area contributed by atoms with Crippen LogP contribution in [-0.2, 0) is 13.0 Å². The van der Waals surface area contributed by atoms with Crippen molar-refractivity contribution in [2.75, 3.05) is 0 Å². The highest BCUT2D eigenvalue weighted by molar-refractivity contribution is 5.27. The molecule has 1 aromatic carbocycles. The quantitative estimate of drug-likeness (QED) is 0.790. The lowest BCUT2D eigenvalue weighted by Crippen LogP contribution is -2.05. The second kappa shape index (κ2) is 5.13. The fourth-order valence-corrected chi connectivity index (χ4v) is 1.96. The number of rotatable bonds is 4. The van der Waals surface area contributed by atoms with E-state index in [1.165, 1.54) is 6.07 Å². The number of nitrogens with zero attached hydrogens (tertiary/aromatic N) is 2. The van der Waals surface area contributed by atoms with E-state index in [4.69, 9.17) is 0 Å². The zero-order valence-electron chi connectivity index (χ0n) is 10.3. The third-order valence-corrected chi connectivity index (χ3v) is 2.92. The van der Waals surface area contributed by atoms with E-state index in [0.717, 1.165) is 36.3 Å². The monoisotopic (exact) mass is 232 g/mol. The van der Waals surface area contributed by atoms with Crippen molar-refractivity contribution in [3.63, 3.8) is 0 Å². The summed E-state index contributed by atoms with van der Waals surface area (Å²) >= 11 is 0. The Morgan fingerprint density at radius 1 is 1.35 bits per heavy atom. The third-order valence-electron chi connectivity index (χ3n) is 2.92. The first-order chi connectivity index (χ1) is 8.20. The van der Waals surface area contributed by atoms with E-state index in [1.807, 2.05) is 25.4 Å². The Kier molecular flexibility index (Phi) is 3.57. The van der Waals surface area contributed by atoms with Gasteiger partial charge < -0.3 is 4.57 Å². The summed E-state index contributed by atoms with van der Waals surface area (Å²) in [5, 5.41) is 0. The van der Waals surface area contributed by atoms with Crippen LogP contribution in [0.2, 0.25) is 0 Å². The van der Waals surface area contributed by atoms with Gasteiger partial charge >= 0.3 is 0 Å². The van der Waals surface area contributed by atoms with Crippen molar-refractivity contribution in [3.8, 4) is 0 Å². The molecule has 0 bridgehead atoms. The van der Waals surface area contributed by atoms with Crippen LogP contribution in [0.1, 0.15) is 30.3 Å². The topological polar surface area (TPSA) is 17.8 Å². The smallest absolute Gasteiger partial charge is 0.123 e. The van der Waals surface area contributed by atoms with Crippen LogP contribution in [0.3, 0.4) is 0 Å². The highest BCUT2D eigenvalue weighted by Crippen LogP contribution is 2.13. The molecule has 17 heavy (non-hydrogen) atoms. The minimum atomic E-state index is -0.175. The molecule has 0 fully saturated rings. The molecule has 90 valence electrons. The summed E-state index contributed by atoms with van der Waals surface area (Å²) in [4.78, 5) is 4.34. The zero-order valence-corrected chi connectivity index (χ0v) is 10.3. The number of imidazole rings is 1. The van der Waals surface area contributed by atoms with Gasteiger partial charge in [0.25, 0.3) is 0 Å². The predicted octanol–water partition coefficient (Wildman–Crippen LogP) is 3.33. The summed E-state index contributed by atoms with van der Waals surface area (Å²) < 4.78 is 15.1. The lowest BCUT2D eigenvalue weighted by Gasteiger charge is -2.09. The van der Waals surface area contributed by atoms with E-state index in [0.29, 0.717) is 0 Å². The maximum Gasteiger partial charge on any atom is 0.123 e. The summed E-state index contributed by atoms with van der Waals surface area (Å²) in [5.74, 6) is 0.918. The molecule has 2 rings (SSSR count). The van der Waals surface area contributed by atoms with Gasteiger partial charge in [-0.25, -0.2) is 9.37 Å². The predicted molar refractivity (Wildman–Crippen MR) is 66.5 cm³/mol. The molecule has 0 unspecified atom stereocenters. The molecule has 0 aliphatic heterocycles. The molecule has 3 heteroatoms. The molecule has 0 radical (unpaired) electrons. The highest BCUT2D eigenvalue weighted by Gasteiger charge is 2.05. The van der Waals surface area contributed by atoms with Crippen molar-refractivity contribution >= 4 is 0 Å². The van der Waals surface area contributed by atoms with Gasteiger partial charge in [-0.05, 0) is 36.6 Å².